The number of nitrogens with two attached hydrogens (primary N) is 1. The molecular weight excluding hydrogens is 508 g/mol. The minimum absolute atomic E-state index is 0.105. The first kappa shape index (κ1) is 28.1. The minimum atomic E-state index is -4.14. The van der Waals surface area contributed by atoms with Crippen LogP contribution in [0.1, 0.15) is 46.5 Å². The van der Waals surface area contributed by atoms with Gasteiger partial charge in [-0.1, -0.05) is 38.1 Å². The van der Waals surface area contributed by atoms with Crippen LogP contribution in [-0.4, -0.2) is 38.3 Å². The summed E-state index contributed by atoms with van der Waals surface area (Å²) in [5, 5.41) is 12.9. The van der Waals surface area contributed by atoms with Crippen LogP contribution in [0.25, 0.3) is 11.1 Å². The number of amidine groups is 1. The zero-order chi connectivity index (χ0) is 28.0. The standard InChI is InChI=1S/C27H28N4O6S/c1-16(2)14-24(32)30-19-12-13-21(23(15-19)27(34)37-38(3,35)36)20-6-4-5-7-22(20)26(33)31-18-10-8-17(9-11-18)25(28)29/h4-13,15-16H,14H2,1-3H3,(H3,28,29)(H,30,32)(H,31,33). The summed E-state index contributed by atoms with van der Waals surface area (Å²) in [6, 6.07) is 17.2. The summed E-state index contributed by atoms with van der Waals surface area (Å²) >= 11 is 0. The Kier molecular flexibility index (Phi) is 8.64. The van der Waals surface area contributed by atoms with Crippen LogP contribution in [0.5, 0.6) is 0 Å². The average Bonchev–Trinajstić information content (AvgIpc) is 2.82. The highest BCUT2D eigenvalue weighted by molar-refractivity contribution is 7.86. The van der Waals surface area contributed by atoms with E-state index in [-0.39, 0.29) is 46.5 Å². The molecule has 0 radical (unpaired) electrons. The quantitative estimate of drug-likeness (QED) is 0.182. The predicted octanol–water partition coefficient (Wildman–Crippen LogP) is 3.99. The van der Waals surface area contributed by atoms with E-state index >= 15 is 0 Å². The largest absolute Gasteiger partial charge is 0.384 e. The van der Waals surface area contributed by atoms with E-state index < -0.39 is 22.0 Å². The molecule has 0 spiro atoms. The van der Waals surface area contributed by atoms with E-state index in [1.165, 1.54) is 12.1 Å². The van der Waals surface area contributed by atoms with Gasteiger partial charge >= 0.3 is 16.1 Å². The first-order valence-electron chi connectivity index (χ1n) is 11.6. The monoisotopic (exact) mass is 536 g/mol. The van der Waals surface area contributed by atoms with Crippen molar-refractivity contribution in [2.75, 3.05) is 16.9 Å². The maximum Gasteiger partial charge on any atom is 0.354 e. The van der Waals surface area contributed by atoms with Crippen molar-refractivity contribution < 1.29 is 27.0 Å². The topological polar surface area (TPSA) is 169 Å². The van der Waals surface area contributed by atoms with Crippen LogP contribution in [0.2, 0.25) is 0 Å². The van der Waals surface area contributed by atoms with Gasteiger partial charge in [-0.25, -0.2) is 4.79 Å². The molecule has 38 heavy (non-hydrogen) atoms. The Morgan fingerprint density at radius 2 is 1.50 bits per heavy atom. The molecule has 0 aromatic heterocycles. The van der Waals surface area contributed by atoms with Crippen molar-refractivity contribution in [2.24, 2.45) is 11.7 Å². The lowest BCUT2D eigenvalue weighted by Crippen LogP contribution is -2.17. The Labute approximate surface area is 220 Å². The van der Waals surface area contributed by atoms with Crippen LogP contribution < -0.4 is 16.4 Å². The summed E-state index contributed by atoms with van der Waals surface area (Å²) in [5.41, 5.74) is 7.32. The van der Waals surface area contributed by atoms with Gasteiger partial charge in [-0.3, -0.25) is 15.0 Å². The zero-order valence-electron chi connectivity index (χ0n) is 21.1. The molecule has 3 rings (SSSR count). The number of amides is 2. The number of hydrogen-bond donors (Lipinski definition) is 4. The highest BCUT2D eigenvalue weighted by Crippen LogP contribution is 2.31. The molecule has 0 aliphatic heterocycles. The lowest BCUT2D eigenvalue weighted by molar-refractivity contribution is -0.116. The van der Waals surface area contributed by atoms with Crippen LogP contribution in [0.3, 0.4) is 0 Å². The third kappa shape index (κ3) is 7.50. The van der Waals surface area contributed by atoms with Crippen LogP contribution in [0, 0.1) is 11.3 Å². The van der Waals surface area contributed by atoms with Crippen LogP contribution >= 0.6 is 0 Å². The zero-order valence-corrected chi connectivity index (χ0v) is 21.9. The Morgan fingerprint density at radius 1 is 0.895 bits per heavy atom. The van der Waals surface area contributed by atoms with E-state index in [0.29, 0.717) is 16.8 Å². The van der Waals surface area contributed by atoms with Crippen molar-refractivity contribution in [3.63, 3.8) is 0 Å². The Bertz CT molecular complexity index is 1500. The smallest absolute Gasteiger partial charge is 0.354 e. The molecule has 0 unspecified atom stereocenters. The summed E-state index contributed by atoms with van der Waals surface area (Å²) in [6.45, 7) is 3.77. The fraction of sp³-hybridized carbons (Fsp3) is 0.185. The molecule has 2 amide bonds. The van der Waals surface area contributed by atoms with Crippen LogP contribution in [0.15, 0.2) is 66.7 Å². The molecule has 0 saturated heterocycles. The molecule has 0 aliphatic rings. The second kappa shape index (κ2) is 11.7. The fourth-order valence-corrected chi connectivity index (χ4v) is 4.00. The molecule has 10 nitrogen and oxygen atoms in total. The van der Waals surface area contributed by atoms with Gasteiger partial charge in [0.05, 0.1) is 11.8 Å². The Morgan fingerprint density at radius 3 is 2.11 bits per heavy atom. The molecule has 0 aliphatic carbocycles. The van der Waals surface area contributed by atoms with Crippen LogP contribution in [0.4, 0.5) is 11.4 Å². The van der Waals surface area contributed by atoms with E-state index in [4.69, 9.17) is 11.1 Å². The molecule has 0 saturated carbocycles. The molecule has 0 heterocycles. The molecule has 11 heteroatoms. The van der Waals surface area contributed by atoms with Crippen molar-refractivity contribution in [3.05, 3.63) is 83.4 Å². The highest BCUT2D eigenvalue weighted by atomic mass is 32.2. The van der Waals surface area contributed by atoms with Crippen molar-refractivity contribution >= 4 is 45.1 Å². The van der Waals surface area contributed by atoms with Crippen LogP contribution in [-0.2, 0) is 19.1 Å². The van der Waals surface area contributed by atoms with Crippen molar-refractivity contribution in [1.82, 2.24) is 0 Å². The lowest BCUT2D eigenvalue weighted by Gasteiger charge is -2.15. The van der Waals surface area contributed by atoms with E-state index in [1.807, 2.05) is 13.8 Å². The van der Waals surface area contributed by atoms with E-state index in [9.17, 15) is 22.8 Å². The fourth-order valence-electron chi connectivity index (χ4n) is 3.64. The third-order valence-electron chi connectivity index (χ3n) is 5.26. The van der Waals surface area contributed by atoms with Crippen molar-refractivity contribution in [2.45, 2.75) is 20.3 Å². The van der Waals surface area contributed by atoms with Gasteiger partial charge in [0.1, 0.15) is 5.84 Å². The average molecular weight is 537 g/mol. The maximum absolute atomic E-state index is 13.2. The molecule has 0 bridgehead atoms. The van der Waals surface area contributed by atoms with Crippen molar-refractivity contribution in [3.8, 4) is 11.1 Å². The number of hydrogen-bond acceptors (Lipinski definition) is 7. The Hall–Kier alpha value is -4.51. The highest BCUT2D eigenvalue weighted by Gasteiger charge is 2.23. The second-order valence-corrected chi connectivity index (χ2v) is 10.5. The molecule has 3 aromatic carbocycles. The number of nitrogens with one attached hydrogen (secondary N) is 3. The van der Waals surface area contributed by atoms with Gasteiger partial charge in [-0.15, -0.1) is 0 Å². The van der Waals surface area contributed by atoms with Gasteiger partial charge in [0.15, 0.2) is 0 Å². The number of nitrogen functional groups attached to an aromatic ring is 1. The first-order valence-corrected chi connectivity index (χ1v) is 13.4. The molecule has 5 N–H and O–H groups in total. The molecule has 198 valence electrons. The summed E-state index contributed by atoms with van der Waals surface area (Å²) in [6.07, 6.45) is 0.999. The summed E-state index contributed by atoms with van der Waals surface area (Å²) in [7, 11) is -4.14. The summed E-state index contributed by atoms with van der Waals surface area (Å²) in [5.74, 6) is -1.92. The molecular formula is C27H28N4O6S. The molecule has 0 fully saturated rings. The number of carbonyl (C=O) groups excluding carboxylic acids is 3. The minimum Gasteiger partial charge on any atom is -0.384 e. The van der Waals surface area contributed by atoms with Gasteiger partial charge in [0.25, 0.3) is 5.91 Å². The predicted molar refractivity (Wildman–Crippen MR) is 146 cm³/mol. The number of benzene rings is 3. The SMILES string of the molecule is CC(C)CC(=O)Nc1ccc(-c2ccccc2C(=O)Nc2ccc(C(=N)N)cc2)c(C(=O)OS(C)(=O)=O)c1. The van der Waals surface area contributed by atoms with E-state index in [2.05, 4.69) is 14.8 Å². The lowest BCUT2D eigenvalue weighted by atomic mass is 9.94. The van der Waals surface area contributed by atoms with E-state index in [1.54, 1.807) is 54.6 Å². The van der Waals surface area contributed by atoms with Gasteiger partial charge in [-0.05, 0) is 59.5 Å². The molecule has 3 aromatic rings. The Balaban J connectivity index is 2.02. The first-order chi connectivity index (χ1) is 17.8. The summed E-state index contributed by atoms with van der Waals surface area (Å²) < 4.78 is 28.0. The van der Waals surface area contributed by atoms with Gasteiger partial charge in [-0.2, -0.15) is 8.42 Å². The molecule has 0 atom stereocenters. The van der Waals surface area contributed by atoms with Gasteiger partial charge in [0, 0.05) is 28.9 Å². The number of anilines is 2. The second-order valence-electron chi connectivity index (χ2n) is 8.97. The van der Waals surface area contributed by atoms with Gasteiger partial charge in [0.2, 0.25) is 5.91 Å². The van der Waals surface area contributed by atoms with Gasteiger partial charge < -0.3 is 20.6 Å². The van der Waals surface area contributed by atoms with Crippen molar-refractivity contribution in [1.29, 1.82) is 5.41 Å². The summed E-state index contributed by atoms with van der Waals surface area (Å²) in [4.78, 5) is 38.4. The normalized spacial score (nSPS) is 11.1. The van der Waals surface area contributed by atoms with E-state index in [0.717, 1.165) is 6.26 Å². The maximum atomic E-state index is 13.2. The third-order valence-corrected chi connectivity index (χ3v) is 5.71. The number of carbonyl (C=O) groups is 3. The number of rotatable bonds is 9.